The zero-order valence-corrected chi connectivity index (χ0v) is 22.6. The summed E-state index contributed by atoms with van der Waals surface area (Å²) in [5.74, 6) is 0.252. The number of hydrogen-bond acceptors (Lipinski definition) is 6. The van der Waals surface area contributed by atoms with Crippen molar-refractivity contribution in [2.24, 2.45) is 0 Å². The summed E-state index contributed by atoms with van der Waals surface area (Å²) >= 11 is 3.55. The van der Waals surface area contributed by atoms with E-state index in [2.05, 4.69) is 15.9 Å². The molecule has 37 heavy (non-hydrogen) atoms. The lowest BCUT2D eigenvalue weighted by molar-refractivity contribution is -0.147. The van der Waals surface area contributed by atoms with Crippen LogP contribution in [0.3, 0.4) is 0 Å². The Kier molecular flexibility index (Phi) is 8.04. The number of anilines is 1. The van der Waals surface area contributed by atoms with Gasteiger partial charge in [-0.1, -0.05) is 28.1 Å². The molecule has 3 aromatic rings. The van der Waals surface area contributed by atoms with Crippen molar-refractivity contribution in [1.82, 2.24) is 0 Å². The van der Waals surface area contributed by atoms with Crippen LogP contribution >= 0.6 is 15.9 Å². The summed E-state index contributed by atoms with van der Waals surface area (Å²) in [6.45, 7) is 2.05. The summed E-state index contributed by atoms with van der Waals surface area (Å²) in [6.07, 6.45) is -2.41. The van der Waals surface area contributed by atoms with Crippen molar-refractivity contribution in [3.05, 3.63) is 81.3 Å². The third kappa shape index (κ3) is 5.42. The summed E-state index contributed by atoms with van der Waals surface area (Å²) in [5, 5.41) is 9.63. The Morgan fingerprint density at radius 3 is 2.43 bits per heavy atom. The maximum absolute atomic E-state index is 13.9. The van der Waals surface area contributed by atoms with Gasteiger partial charge in [-0.25, -0.2) is 0 Å². The molecular weight excluding hydrogens is 542 g/mol. The Morgan fingerprint density at radius 2 is 1.76 bits per heavy atom. The fraction of sp³-hybridized carbons (Fsp3) is 0.286. The Hall–Kier alpha value is -3.56. The zero-order valence-electron chi connectivity index (χ0n) is 21.0. The number of carboxylic acid groups (broad SMARTS) is 1. The molecule has 1 amide bonds. The number of aliphatic carboxylic acids is 1. The Labute approximate surface area is 223 Å². The van der Waals surface area contributed by atoms with E-state index in [0.717, 1.165) is 26.7 Å². The van der Waals surface area contributed by atoms with E-state index in [1.165, 1.54) is 0 Å². The van der Waals surface area contributed by atoms with Crippen molar-refractivity contribution in [2.75, 3.05) is 26.2 Å². The number of hydrogen-bond donors (Lipinski definition) is 1. The lowest BCUT2D eigenvalue weighted by Gasteiger charge is -2.26. The number of methoxy groups -OCH3 is 3. The molecule has 8 nitrogen and oxygen atoms in total. The predicted molar refractivity (Wildman–Crippen MR) is 142 cm³/mol. The third-order valence-corrected chi connectivity index (χ3v) is 6.91. The molecule has 0 saturated carbocycles. The molecule has 0 aliphatic carbocycles. The molecule has 0 spiro atoms. The number of benzene rings is 3. The largest absolute Gasteiger partial charge is 0.497 e. The third-order valence-electron chi connectivity index (χ3n) is 6.42. The minimum atomic E-state index is -1.22. The van der Waals surface area contributed by atoms with E-state index in [0.29, 0.717) is 22.9 Å². The van der Waals surface area contributed by atoms with Gasteiger partial charge in [0.25, 0.3) is 5.91 Å². The Bertz CT molecular complexity index is 1330. The fourth-order valence-electron chi connectivity index (χ4n) is 4.56. The summed E-state index contributed by atoms with van der Waals surface area (Å²) < 4.78 is 23.5. The van der Waals surface area contributed by atoms with Gasteiger partial charge in [-0.2, -0.15) is 0 Å². The molecule has 4 rings (SSSR count). The second-order valence-electron chi connectivity index (χ2n) is 8.58. The van der Waals surface area contributed by atoms with Gasteiger partial charge >= 0.3 is 5.97 Å². The van der Waals surface area contributed by atoms with E-state index >= 15 is 0 Å². The van der Waals surface area contributed by atoms with Gasteiger partial charge in [-0.3, -0.25) is 9.59 Å². The second-order valence-corrected chi connectivity index (χ2v) is 9.50. The highest BCUT2D eigenvalue weighted by atomic mass is 79.9. The summed E-state index contributed by atoms with van der Waals surface area (Å²) in [4.78, 5) is 27.2. The lowest BCUT2D eigenvalue weighted by Crippen LogP contribution is -2.40. The van der Waals surface area contributed by atoms with Crippen LogP contribution in [0, 0.1) is 6.92 Å². The molecule has 1 heterocycles. The topological polar surface area (TPSA) is 94.5 Å². The fourth-order valence-corrected chi connectivity index (χ4v) is 4.94. The van der Waals surface area contributed by atoms with E-state index < -0.39 is 30.5 Å². The van der Waals surface area contributed by atoms with Gasteiger partial charge in [0.15, 0.2) is 0 Å². The van der Waals surface area contributed by atoms with Crippen LogP contribution in [0.4, 0.5) is 5.69 Å². The van der Waals surface area contributed by atoms with Crippen molar-refractivity contribution in [1.29, 1.82) is 0 Å². The molecule has 9 heteroatoms. The van der Waals surface area contributed by atoms with E-state index in [9.17, 15) is 14.7 Å². The van der Waals surface area contributed by atoms with E-state index in [-0.39, 0.29) is 6.54 Å². The highest BCUT2D eigenvalue weighted by molar-refractivity contribution is 9.10. The summed E-state index contributed by atoms with van der Waals surface area (Å²) in [7, 11) is 4.70. The van der Waals surface area contributed by atoms with Gasteiger partial charge in [-0.05, 0) is 54.4 Å². The molecular formula is C28H28BrNO7. The van der Waals surface area contributed by atoms with Crippen LogP contribution < -0.4 is 19.1 Å². The molecule has 0 bridgehead atoms. The molecule has 0 saturated heterocycles. The normalized spacial score (nSPS) is 17.1. The SMILES string of the molecule is COc1ccc(CN2C(=O)C(CC(=O)O)OC(c3cccc(OC)c3C)c3cc(Br)ccc32)c(OC)c1. The lowest BCUT2D eigenvalue weighted by atomic mass is 9.95. The smallest absolute Gasteiger partial charge is 0.306 e. The van der Waals surface area contributed by atoms with Gasteiger partial charge in [-0.15, -0.1) is 0 Å². The van der Waals surface area contributed by atoms with Crippen LogP contribution in [0.5, 0.6) is 17.2 Å². The number of carbonyl (C=O) groups is 2. The van der Waals surface area contributed by atoms with E-state index in [1.807, 2.05) is 49.4 Å². The number of nitrogens with zero attached hydrogens (tertiary/aromatic N) is 1. The number of carbonyl (C=O) groups excluding carboxylic acids is 1. The number of carboxylic acids is 1. The molecule has 1 aliphatic rings. The first kappa shape index (κ1) is 26.5. The minimum absolute atomic E-state index is 0.143. The van der Waals surface area contributed by atoms with E-state index in [4.69, 9.17) is 18.9 Å². The standard InChI is InChI=1S/C28H28BrNO7/c1-16-20(6-5-7-23(16)35-3)27-21-12-18(29)9-11-22(21)30(28(33)25(37-27)14-26(31)32)15-17-8-10-19(34-2)13-24(17)36-4/h5-13,25,27H,14-15H2,1-4H3,(H,31,32). The van der Waals surface area contributed by atoms with Gasteiger partial charge < -0.3 is 29.0 Å². The molecule has 1 aliphatic heterocycles. The quantitative estimate of drug-likeness (QED) is 0.394. The number of rotatable bonds is 8. The minimum Gasteiger partial charge on any atom is -0.497 e. The molecule has 0 fully saturated rings. The van der Waals surface area contributed by atoms with Crippen LogP contribution in [0.25, 0.3) is 0 Å². The number of amides is 1. The Balaban J connectivity index is 1.90. The van der Waals surface area contributed by atoms with Gasteiger partial charge in [0.1, 0.15) is 29.5 Å². The summed E-state index contributed by atoms with van der Waals surface area (Å²) in [6, 6.07) is 16.5. The molecule has 0 aromatic heterocycles. The monoisotopic (exact) mass is 569 g/mol. The average molecular weight is 570 g/mol. The van der Waals surface area contributed by atoms with Crippen molar-refractivity contribution in [2.45, 2.75) is 32.1 Å². The molecule has 2 unspecified atom stereocenters. The van der Waals surface area contributed by atoms with Gasteiger partial charge in [0.05, 0.1) is 40.0 Å². The first-order valence-electron chi connectivity index (χ1n) is 11.6. The Morgan fingerprint density at radius 1 is 1.00 bits per heavy atom. The highest BCUT2D eigenvalue weighted by Gasteiger charge is 2.38. The number of ether oxygens (including phenoxy) is 4. The van der Waals surface area contributed by atoms with Crippen LogP contribution in [0.1, 0.15) is 34.8 Å². The number of halogens is 1. The maximum Gasteiger partial charge on any atom is 0.306 e. The van der Waals surface area contributed by atoms with Crippen LogP contribution in [-0.2, 0) is 20.9 Å². The maximum atomic E-state index is 13.9. The van der Waals surface area contributed by atoms with Crippen molar-refractivity contribution < 1.29 is 33.6 Å². The van der Waals surface area contributed by atoms with Crippen molar-refractivity contribution in [3.63, 3.8) is 0 Å². The molecule has 194 valence electrons. The first-order valence-corrected chi connectivity index (χ1v) is 12.4. The van der Waals surface area contributed by atoms with E-state index in [1.54, 1.807) is 38.4 Å². The average Bonchev–Trinajstić information content (AvgIpc) is 2.99. The van der Waals surface area contributed by atoms with Crippen molar-refractivity contribution >= 4 is 33.5 Å². The highest BCUT2D eigenvalue weighted by Crippen LogP contribution is 2.43. The predicted octanol–water partition coefficient (Wildman–Crippen LogP) is 5.28. The first-order chi connectivity index (χ1) is 17.8. The van der Waals surface area contributed by atoms with Crippen LogP contribution in [0.2, 0.25) is 0 Å². The van der Waals surface area contributed by atoms with Crippen LogP contribution in [-0.4, -0.2) is 44.4 Å². The number of fused-ring (bicyclic) bond motifs is 1. The van der Waals surface area contributed by atoms with Crippen LogP contribution in [0.15, 0.2) is 59.1 Å². The summed E-state index contributed by atoms with van der Waals surface area (Å²) in [5.41, 5.74) is 3.69. The zero-order chi connectivity index (χ0) is 26.7. The molecule has 3 aromatic carbocycles. The molecule has 0 radical (unpaired) electrons. The van der Waals surface area contributed by atoms with Crippen molar-refractivity contribution in [3.8, 4) is 17.2 Å². The molecule has 2 atom stereocenters. The van der Waals surface area contributed by atoms with Gasteiger partial charge in [0.2, 0.25) is 0 Å². The molecule has 1 N–H and O–H groups in total. The van der Waals surface area contributed by atoms with Gasteiger partial charge in [0, 0.05) is 21.7 Å². The second kappa shape index (κ2) is 11.2.